The Kier molecular flexibility index (Phi) is 4.98. The number of hydrogen-bond acceptors (Lipinski definition) is 2. The lowest BCUT2D eigenvalue weighted by atomic mass is 10.2. The average molecular weight is 291 g/mol. The number of hydroxylamine groups is 1. The van der Waals surface area contributed by atoms with Crippen molar-refractivity contribution in [3.8, 4) is 0 Å². The zero-order valence-electron chi connectivity index (χ0n) is 11.0. The van der Waals surface area contributed by atoms with Crippen LogP contribution >= 0.6 is 11.6 Å². The Morgan fingerprint density at radius 3 is 2.65 bits per heavy atom. The SMILES string of the molecule is Cc1ccc(NC(=O)NOCc2ccccc2)cc1Cl. The van der Waals surface area contributed by atoms with Gasteiger partial charge in [-0.05, 0) is 30.2 Å². The van der Waals surface area contributed by atoms with Crippen molar-refractivity contribution < 1.29 is 9.63 Å². The molecule has 2 N–H and O–H groups in total. The van der Waals surface area contributed by atoms with Crippen LogP contribution in [0.15, 0.2) is 48.5 Å². The van der Waals surface area contributed by atoms with E-state index in [-0.39, 0.29) is 0 Å². The number of rotatable bonds is 4. The van der Waals surface area contributed by atoms with Crippen LogP contribution in [0.1, 0.15) is 11.1 Å². The molecule has 2 rings (SSSR count). The standard InChI is InChI=1S/C15H15ClN2O2/c1-11-7-8-13(9-14(11)16)17-15(19)18-20-10-12-5-3-2-4-6-12/h2-9H,10H2,1H3,(H2,17,18,19). The van der Waals surface area contributed by atoms with E-state index in [2.05, 4.69) is 10.8 Å². The quantitative estimate of drug-likeness (QED) is 0.839. The Morgan fingerprint density at radius 2 is 1.95 bits per heavy atom. The third-order valence-corrected chi connectivity index (χ3v) is 3.08. The number of carbonyl (C=O) groups excluding carboxylic acids is 1. The van der Waals surface area contributed by atoms with E-state index in [0.717, 1.165) is 11.1 Å². The molecule has 104 valence electrons. The maximum Gasteiger partial charge on any atom is 0.343 e. The van der Waals surface area contributed by atoms with E-state index >= 15 is 0 Å². The van der Waals surface area contributed by atoms with Crippen molar-refractivity contribution in [3.63, 3.8) is 0 Å². The van der Waals surface area contributed by atoms with Crippen LogP contribution in [0.2, 0.25) is 5.02 Å². The normalized spacial score (nSPS) is 10.1. The van der Waals surface area contributed by atoms with Crippen molar-refractivity contribution in [2.24, 2.45) is 0 Å². The van der Waals surface area contributed by atoms with Crippen molar-refractivity contribution in [1.82, 2.24) is 5.48 Å². The summed E-state index contributed by atoms with van der Waals surface area (Å²) in [6.07, 6.45) is 0. The second-order valence-corrected chi connectivity index (χ2v) is 4.70. The number of urea groups is 1. The highest BCUT2D eigenvalue weighted by Crippen LogP contribution is 2.19. The first-order chi connectivity index (χ1) is 9.65. The zero-order valence-corrected chi connectivity index (χ0v) is 11.8. The summed E-state index contributed by atoms with van der Waals surface area (Å²) >= 11 is 5.98. The number of halogens is 1. The minimum Gasteiger partial charge on any atom is -0.306 e. The van der Waals surface area contributed by atoms with Crippen molar-refractivity contribution >= 4 is 23.3 Å². The fraction of sp³-hybridized carbons (Fsp3) is 0.133. The Balaban J connectivity index is 1.79. The molecule has 4 nitrogen and oxygen atoms in total. The predicted molar refractivity (Wildman–Crippen MR) is 79.6 cm³/mol. The summed E-state index contributed by atoms with van der Waals surface area (Å²) in [7, 11) is 0. The lowest BCUT2D eigenvalue weighted by Gasteiger charge is -2.09. The summed E-state index contributed by atoms with van der Waals surface area (Å²) in [6, 6.07) is 14.4. The van der Waals surface area contributed by atoms with Crippen LogP contribution in [0.3, 0.4) is 0 Å². The van der Waals surface area contributed by atoms with E-state index in [9.17, 15) is 4.79 Å². The second-order valence-electron chi connectivity index (χ2n) is 4.29. The first-order valence-electron chi connectivity index (χ1n) is 6.14. The minimum absolute atomic E-state index is 0.308. The summed E-state index contributed by atoms with van der Waals surface area (Å²) in [5, 5.41) is 3.24. The maximum absolute atomic E-state index is 11.6. The molecule has 2 aromatic rings. The van der Waals surface area contributed by atoms with Gasteiger partial charge in [-0.2, -0.15) is 0 Å². The highest BCUT2D eigenvalue weighted by Gasteiger charge is 2.03. The molecule has 0 unspecified atom stereocenters. The summed E-state index contributed by atoms with van der Waals surface area (Å²) in [4.78, 5) is 16.7. The van der Waals surface area contributed by atoms with E-state index in [1.807, 2.05) is 43.3 Å². The summed E-state index contributed by atoms with van der Waals surface area (Å²) in [5.74, 6) is 0. The highest BCUT2D eigenvalue weighted by atomic mass is 35.5. The zero-order chi connectivity index (χ0) is 14.4. The Labute approximate surface area is 122 Å². The van der Waals surface area contributed by atoms with Gasteiger partial charge in [-0.3, -0.25) is 4.84 Å². The van der Waals surface area contributed by atoms with Gasteiger partial charge >= 0.3 is 6.03 Å². The number of hydrogen-bond donors (Lipinski definition) is 2. The van der Waals surface area contributed by atoms with Gasteiger partial charge < -0.3 is 5.32 Å². The van der Waals surface area contributed by atoms with Gasteiger partial charge in [-0.1, -0.05) is 48.0 Å². The molecule has 0 saturated heterocycles. The summed E-state index contributed by atoms with van der Waals surface area (Å²) in [5.41, 5.74) is 4.87. The molecular formula is C15H15ClN2O2. The van der Waals surface area contributed by atoms with Crippen LogP contribution in [-0.2, 0) is 11.4 Å². The minimum atomic E-state index is -0.444. The van der Waals surface area contributed by atoms with Crippen LogP contribution in [0, 0.1) is 6.92 Å². The van der Waals surface area contributed by atoms with Crippen molar-refractivity contribution in [1.29, 1.82) is 0 Å². The summed E-state index contributed by atoms with van der Waals surface area (Å²) < 4.78 is 0. The third kappa shape index (κ3) is 4.26. The largest absolute Gasteiger partial charge is 0.343 e. The molecule has 0 atom stereocenters. The molecule has 0 aromatic heterocycles. The predicted octanol–water partition coefficient (Wildman–Crippen LogP) is 3.90. The molecular weight excluding hydrogens is 276 g/mol. The van der Waals surface area contributed by atoms with Gasteiger partial charge in [0, 0.05) is 10.7 Å². The molecule has 0 aliphatic rings. The molecule has 20 heavy (non-hydrogen) atoms. The molecule has 0 fully saturated rings. The molecule has 0 radical (unpaired) electrons. The van der Waals surface area contributed by atoms with Gasteiger partial charge in [-0.25, -0.2) is 10.3 Å². The molecule has 0 aliphatic carbocycles. The second kappa shape index (κ2) is 6.93. The lowest BCUT2D eigenvalue weighted by molar-refractivity contribution is 0.0536. The molecule has 2 aromatic carbocycles. The Morgan fingerprint density at radius 1 is 1.20 bits per heavy atom. The van der Waals surface area contributed by atoms with Crippen molar-refractivity contribution in [2.75, 3.05) is 5.32 Å². The summed E-state index contributed by atoms with van der Waals surface area (Å²) in [6.45, 7) is 2.21. The van der Waals surface area contributed by atoms with E-state index in [1.54, 1.807) is 12.1 Å². The fourth-order valence-corrected chi connectivity index (χ4v) is 1.77. The number of nitrogens with one attached hydrogen (secondary N) is 2. The molecule has 0 aliphatic heterocycles. The smallest absolute Gasteiger partial charge is 0.306 e. The molecule has 0 spiro atoms. The van der Waals surface area contributed by atoms with Gasteiger partial charge in [0.1, 0.15) is 0 Å². The van der Waals surface area contributed by atoms with Gasteiger partial charge in [-0.15, -0.1) is 0 Å². The van der Waals surface area contributed by atoms with Crippen LogP contribution < -0.4 is 10.8 Å². The topological polar surface area (TPSA) is 50.4 Å². The van der Waals surface area contributed by atoms with Crippen LogP contribution in [0.25, 0.3) is 0 Å². The number of anilines is 1. The van der Waals surface area contributed by atoms with E-state index < -0.39 is 6.03 Å². The highest BCUT2D eigenvalue weighted by molar-refractivity contribution is 6.31. The first kappa shape index (κ1) is 14.4. The molecule has 0 saturated carbocycles. The van der Waals surface area contributed by atoms with Crippen LogP contribution in [0.5, 0.6) is 0 Å². The average Bonchev–Trinajstić information content (AvgIpc) is 2.44. The van der Waals surface area contributed by atoms with Crippen LogP contribution in [-0.4, -0.2) is 6.03 Å². The van der Waals surface area contributed by atoms with Gasteiger partial charge in [0.25, 0.3) is 0 Å². The third-order valence-electron chi connectivity index (χ3n) is 2.68. The first-order valence-corrected chi connectivity index (χ1v) is 6.52. The number of carbonyl (C=O) groups is 1. The van der Waals surface area contributed by atoms with Crippen molar-refractivity contribution in [2.45, 2.75) is 13.5 Å². The number of benzene rings is 2. The lowest BCUT2D eigenvalue weighted by Crippen LogP contribution is -2.28. The van der Waals surface area contributed by atoms with Crippen molar-refractivity contribution in [3.05, 3.63) is 64.7 Å². The maximum atomic E-state index is 11.6. The number of amides is 2. The monoisotopic (exact) mass is 290 g/mol. The van der Waals surface area contributed by atoms with Gasteiger partial charge in [0.2, 0.25) is 0 Å². The molecule has 5 heteroatoms. The Bertz CT molecular complexity index is 588. The molecule has 2 amide bonds. The Hall–Kier alpha value is -2.04. The van der Waals surface area contributed by atoms with E-state index in [0.29, 0.717) is 17.3 Å². The molecule has 0 heterocycles. The fourth-order valence-electron chi connectivity index (χ4n) is 1.59. The van der Waals surface area contributed by atoms with Gasteiger partial charge in [0.15, 0.2) is 0 Å². The van der Waals surface area contributed by atoms with E-state index in [4.69, 9.17) is 16.4 Å². The van der Waals surface area contributed by atoms with Gasteiger partial charge in [0.05, 0.1) is 6.61 Å². The van der Waals surface area contributed by atoms with E-state index in [1.165, 1.54) is 0 Å². The number of aryl methyl sites for hydroxylation is 1. The van der Waals surface area contributed by atoms with Crippen LogP contribution in [0.4, 0.5) is 10.5 Å². The molecule has 0 bridgehead atoms.